The van der Waals surface area contributed by atoms with Crippen molar-refractivity contribution >= 4 is 23.7 Å². The van der Waals surface area contributed by atoms with Gasteiger partial charge in [-0.1, -0.05) is 0 Å². The van der Waals surface area contributed by atoms with Gasteiger partial charge in [-0.25, -0.2) is 8.78 Å². The molecular weight excluding hydrogens is 294 g/mol. The lowest BCUT2D eigenvalue weighted by molar-refractivity contribution is -0.142. The van der Waals surface area contributed by atoms with Gasteiger partial charge in [0.25, 0.3) is 11.9 Å². The highest BCUT2D eigenvalue weighted by Gasteiger charge is 2.29. The van der Waals surface area contributed by atoms with Crippen LogP contribution in [0.2, 0.25) is 0 Å². The number of hydrogen-bond donors (Lipinski definition) is 2. The molecule has 0 radical (unpaired) electrons. The Morgan fingerprint density at radius 1 is 1.11 bits per heavy atom. The van der Waals surface area contributed by atoms with Crippen LogP contribution in [0.15, 0.2) is 4.90 Å². The van der Waals surface area contributed by atoms with Crippen molar-refractivity contribution < 1.29 is 37.4 Å². The quantitative estimate of drug-likeness (QED) is 0.488. The van der Waals surface area contributed by atoms with Crippen molar-refractivity contribution in [3.05, 3.63) is 23.5 Å². The molecule has 0 saturated carbocycles. The van der Waals surface area contributed by atoms with Gasteiger partial charge >= 0.3 is 11.9 Å². The van der Waals surface area contributed by atoms with Crippen LogP contribution in [0.5, 0.6) is 0 Å². The molecule has 0 spiro atoms. The second-order valence-corrected chi connectivity index (χ2v) is 4.41. The van der Waals surface area contributed by atoms with E-state index >= 15 is 0 Å². The summed E-state index contributed by atoms with van der Waals surface area (Å²) in [5.41, 5.74) is 0. The molecule has 1 atom stereocenters. The van der Waals surface area contributed by atoms with Crippen molar-refractivity contribution in [1.82, 2.24) is 4.98 Å². The molecule has 0 aliphatic heterocycles. The van der Waals surface area contributed by atoms with E-state index in [1.165, 1.54) is 0 Å². The van der Waals surface area contributed by atoms with E-state index in [9.17, 15) is 27.2 Å². The highest BCUT2D eigenvalue weighted by atomic mass is 32.2. The summed E-state index contributed by atoms with van der Waals surface area (Å²) in [6.45, 7) is 0. The number of hydrogen-bond acceptors (Lipinski definition) is 4. The lowest BCUT2D eigenvalue weighted by atomic mass is 10.3. The van der Waals surface area contributed by atoms with E-state index in [2.05, 4.69) is 4.98 Å². The van der Waals surface area contributed by atoms with Crippen LogP contribution < -0.4 is 0 Å². The predicted molar refractivity (Wildman–Crippen MR) is 53.6 cm³/mol. The number of thioether (sulfide) groups is 1. The number of aromatic nitrogens is 1. The maximum atomic E-state index is 13.2. The highest BCUT2D eigenvalue weighted by molar-refractivity contribution is 8.00. The van der Waals surface area contributed by atoms with E-state index in [0.29, 0.717) is 0 Å². The summed E-state index contributed by atoms with van der Waals surface area (Å²) in [4.78, 5) is 22.1. The molecule has 0 fully saturated rings. The fourth-order valence-corrected chi connectivity index (χ4v) is 2.04. The van der Waals surface area contributed by atoms with E-state index in [1.807, 2.05) is 0 Å². The van der Waals surface area contributed by atoms with Gasteiger partial charge in [0.2, 0.25) is 0 Å². The normalized spacial score (nSPS) is 12.2. The molecule has 0 aromatic carbocycles. The van der Waals surface area contributed by atoms with E-state index in [4.69, 9.17) is 10.2 Å². The van der Waals surface area contributed by atoms with Gasteiger partial charge in [-0.05, 0) is 0 Å². The van der Waals surface area contributed by atoms with Crippen LogP contribution in [0.1, 0.15) is 6.42 Å². The van der Waals surface area contributed by atoms with Crippen LogP contribution in [0.4, 0.5) is 17.6 Å². The molecule has 2 N–H and O–H groups in total. The number of carboxylic acids is 2. The number of carbonyl (C=O) groups is 2. The number of nitrogens with zero attached hydrogens (tertiary/aromatic N) is 1. The van der Waals surface area contributed by atoms with Crippen LogP contribution in [0, 0.1) is 23.5 Å². The molecule has 1 unspecified atom stereocenters. The van der Waals surface area contributed by atoms with Gasteiger partial charge in [-0.3, -0.25) is 9.59 Å². The Morgan fingerprint density at radius 2 is 1.58 bits per heavy atom. The van der Waals surface area contributed by atoms with Gasteiger partial charge in [0.05, 0.1) is 11.3 Å². The van der Waals surface area contributed by atoms with Crippen LogP contribution in [0.3, 0.4) is 0 Å². The third-order valence-corrected chi connectivity index (χ3v) is 3.10. The van der Waals surface area contributed by atoms with Crippen molar-refractivity contribution in [3.8, 4) is 0 Å². The van der Waals surface area contributed by atoms with E-state index in [1.54, 1.807) is 0 Å². The summed E-state index contributed by atoms with van der Waals surface area (Å²) in [5, 5.41) is 15.3. The molecule has 0 aliphatic carbocycles. The highest BCUT2D eigenvalue weighted by Crippen LogP contribution is 2.32. The van der Waals surface area contributed by atoms with E-state index in [0.717, 1.165) is 0 Å². The fraction of sp³-hybridized carbons (Fsp3) is 0.222. The molecule has 1 rings (SSSR count). The van der Waals surface area contributed by atoms with Crippen LogP contribution in [-0.2, 0) is 9.59 Å². The fourth-order valence-electron chi connectivity index (χ4n) is 1.05. The van der Waals surface area contributed by atoms with Crippen LogP contribution in [0.25, 0.3) is 0 Å². The lowest BCUT2D eigenvalue weighted by Gasteiger charge is -2.11. The minimum absolute atomic E-state index is 0.144. The molecule has 0 aliphatic rings. The van der Waals surface area contributed by atoms with Gasteiger partial charge in [-0.2, -0.15) is 13.8 Å². The number of aliphatic carboxylic acids is 2. The number of halogens is 4. The average molecular weight is 299 g/mol. The third-order valence-electron chi connectivity index (χ3n) is 1.85. The molecule has 10 heteroatoms. The number of rotatable bonds is 5. The largest absolute Gasteiger partial charge is 0.481 e. The number of carboxylic acid groups (broad SMARTS) is 2. The average Bonchev–Trinajstić information content (AvgIpc) is 2.30. The summed E-state index contributed by atoms with van der Waals surface area (Å²) in [6, 6.07) is 0. The Kier molecular flexibility index (Phi) is 4.70. The minimum Gasteiger partial charge on any atom is -0.481 e. The Morgan fingerprint density at radius 3 is 1.95 bits per heavy atom. The first-order valence-electron chi connectivity index (χ1n) is 4.55. The summed E-state index contributed by atoms with van der Waals surface area (Å²) in [6.07, 6.45) is -0.982. The predicted octanol–water partition coefficient (Wildman–Crippen LogP) is 1.66. The topological polar surface area (TPSA) is 87.5 Å². The molecule has 1 aromatic rings. The second-order valence-electron chi connectivity index (χ2n) is 3.19. The van der Waals surface area contributed by atoms with Gasteiger partial charge in [0.1, 0.15) is 5.25 Å². The summed E-state index contributed by atoms with van der Waals surface area (Å²) in [7, 11) is 0. The summed E-state index contributed by atoms with van der Waals surface area (Å²) >= 11 is -0.144. The zero-order valence-corrected chi connectivity index (χ0v) is 9.68. The van der Waals surface area contributed by atoms with Crippen molar-refractivity contribution in [2.75, 3.05) is 0 Å². The van der Waals surface area contributed by atoms with Gasteiger partial charge in [-0.15, -0.1) is 11.8 Å². The Hall–Kier alpha value is -1.84. The van der Waals surface area contributed by atoms with Crippen molar-refractivity contribution in [1.29, 1.82) is 0 Å². The first kappa shape index (κ1) is 15.2. The molecule has 5 nitrogen and oxygen atoms in total. The van der Waals surface area contributed by atoms with Gasteiger partial charge in [0.15, 0.2) is 11.6 Å². The Bertz CT molecular complexity index is 513. The van der Waals surface area contributed by atoms with Crippen molar-refractivity contribution in [3.63, 3.8) is 0 Å². The van der Waals surface area contributed by atoms with E-state index in [-0.39, 0.29) is 11.8 Å². The smallest absolute Gasteiger partial charge is 0.317 e. The van der Waals surface area contributed by atoms with Gasteiger partial charge in [0, 0.05) is 0 Å². The second kappa shape index (κ2) is 5.87. The Labute approximate surface area is 107 Å². The van der Waals surface area contributed by atoms with Crippen molar-refractivity contribution in [2.45, 2.75) is 16.6 Å². The maximum Gasteiger partial charge on any atom is 0.317 e. The summed E-state index contributed by atoms with van der Waals surface area (Å²) in [5.74, 6) is -10.9. The minimum atomic E-state index is -1.94. The third kappa shape index (κ3) is 3.56. The molecule has 0 saturated heterocycles. The van der Waals surface area contributed by atoms with Crippen LogP contribution in [-0.4, -0.2) is 32.4 Å². The SMILES string of the molecule is O=C(O)CC(Sc1c(F)c(F)nc(F)c1F)C(=O)O. The van der Waals surface area contributed by atoms with Crippen LogP contribution >= 0.6 is 11.8 Å². The zero-order valence-electron chi connectivity index (χ0n) is 8.86. The van der Waals surface area contributed by atoms with Gasteiger partial charge < -0.3 is 10.2 Å². The monoisotopic (exact) mass is 299 g/mol. The molecule has 1 heterocycles. The zero-order chi connectivity index (χ0) is 14.7. The summed E-state index contributed by atoms with van der Waals surface area (Å²) < 4.78 is 51.9. The molecular formula is C9H5F4NO4S. The van der Waals surface area contributed by atoms with E-state index < -0.39 is 52.0 Å². The first-order chi connectivity index (χ1) is 8.73. The molecule has 104 valence electrons. The molecule has 1 aromatic heterocycles. The van der Waals surface area contributed by atoms with Crippen molar-refractivity contribution in [2.24, 2.45) is 0 Å². The lowest BCUT2D eigenvalue weighted by Crippen LogP contribution is -2.21. The molecule has 0 bridgehead atoms. The number of pyridine rings is 1. The molecule has 0 amide bonds. The first-order valence-corrected chi connectivity index (χ1v) is 5.43. The standard InChI is InChI=1S/C9H5F4NO4S/c10-4-6(5(11)8(13)14-7(4)12)19-2(9(17)18)1-3(15)16/h2H,1H2,(H,15,16)(H,17,18). The Balaban J connectivity index is 3.16. The maximum absolute atomic E-state index is 13.2. The molecule has 19 heavy (non-hydrogen) atoms.